The van der Waals surface area contributed by atoms with Gasteiger partial charge in [0.15, 0.2) is 0 Å². The van der Waals surface area contributed by atoms with Crippen LogP contribution in [0.1, 0.15) is 2.85 Å². The van der Waals surface area contributed by atoms with Gasteiger partial charge in [-0.1, -0.05) is 0 Å². The van der Waals surface area contributed by atoms with Gasteiger partial charge in [-0.2, -0.15) is 0 Å². The maximum absolute atomic E-state index is 8.52. The second-order valence-electron chi connectivity index (χ2n) is 1.22. The molecule has 0 amide bonds. The van der Waals surface area contributed by atoms with Crippen molar-refractivity contribution >= 4 is 104 Å². The summed E-state index contributed by atoms with van der Waals surface area (Å²) in [5.41, 5.74) is 0. The van der Waals surface area contributed by atoms with Gasteiger partial charge < -0.3 is 30.2 Å². The van der Waals surface area contributed by atoms with Crippen molar-refractivity contribution in [1.29, 1.82) is 0 Å². The molecule has 0 atom stereocenters. The van der Waals surface area contributed by atoms with Crippen LogP contribution in [-0.4, -0.2) is 125 Å². The van der Waals surface area contributed by atoms with Gasteiger partial charge in [0, 0.05) is 31.2 Å². The van der Waals surface area contributed by atoms with Crippen LogP contribution in [0.3, 0.4) is 0 Å². The van der Waals surface area contributed by atoms with Crippen molar-refractivity contribution in [1.82, 2.24) is 0 Å². The zero-order valence-corrected chi connectivity index (χ0v) is 15.0. The third kappa shape index (κ3) is 1370. The Bertz CT molecular complexity index is 356. The van der Waals surface area contributed by atoms with E-state index >= 15 is 0 Å². The van der Waals surface area contributed by atoms with Crippen molar-refractivity contribution in [2.45, 2.75) is 0 Å². The van der Waals surface area contributed by atoms with E-state index in [1.54, 1.807) is 0 Å². The Morgan fingerprint density at radius 3 is 0.500 bits per heavy atom. The molecule has 0 aromatic carbocycles. The van der Waals surface area contributed by atoms with Crippen molar-refractivity contribution < 1.29 is 55.4 Å². The molecule has 12 nitrogen and oxygen atoms in total. The van der Waals surface area contributed by atoms with Crippen LogP contribution in [0, 0.1) is 0 Å². The molecule has 0 rings (SSSR count). The van der Waals surface area contributed by atoms with Crippen molar-refractivity contribution in [3.05, 3.63) is 0 Å². The maximum atomic E-state index is 8.52. The van der Waals surface area contributed by atoms with Gasteiger partial charge in [0.25, 0.3) is 0 Å². The second-order valence-corrected chi connectivity index (χ2v) is 3.67. The summed E-state index contributed by atoms with van der Waals surface area (Å²) in [6.07, 6.45) is 0. The van der Waals surface area contributed by atoms with E-state index < -0.39 is 31.2 Å². The largest absolute Gasteiger partial charge is 3.00 e. The molecule has 0 spiro atoms. The summed E-state index contributed by atoms with van der Waals surface area (Å²) in [6, 6.07) is 0. The molecule has 0 aliphatic heterocycles. The van der Waals surface area contributed by atoms with Crippen LogP contribution in [-0.2, 0) is 31.2 Å². The first-order chi connectivity index (χ1) is 6.00. The molecule has 0 unspecified atom stereocenters. The van der Waals surface area contributed by atoms with Crippen LogP contribution in [0.5, 0.6) is 0 Å². The summed E-state index contributed by atoms with van der Waals surface area (Å²) in [6.45, 7) is 0. The Hall–Kier alpha value is 1.93. The number of hydrogen-bond donors (Lipinski definition) is 0. The molecule has 18 heteroatoms. The van der Waals surface area contributed by atoms with Crippen LogP contribution >= 0.6 is 0 Å². The molecular formula is H2Al2CaO12S3. The summed E-state index contributed by atoms with van der Waals surface area (Å²) in [4.78, 5) is 0. The van der Waals surface area contributed by atoms with E-state index in [9.17, 15) is 0 Å². The first-order valence-corrected chi connectivity index (χ1v) is 6.00. The molecule has 0 radical (unpaired) electrons. The van der Waals surface area contributed by atoms with Gasteiger partial charge in [-0.05, 0) is 0 Å². The average Bonchev–Trinajstić information content (AvgIpc) is 1.41. The average molecular weight is 384 g/mol. The normalized spacial score (nSPS) is 9.67. The van der Waals surface area contributed by atoms with E-state index in [0.29, 0.717) is 0 Å². The summed E-state index contributed by atoms with van der Waals surface area (Å²) in [5, 5.41) is 0. The minimum absolute atomic E-state index is 0. The third-order valence-corrected chi connectivity index (χ3v) is 0. The summed E-state index contributed by atoms with van der Waals surface area (Å²) in [7, 11) is -15.5. The fraction of sp³-hybridized carbons (Fsp3) is 0. The maximum Gasteiger partial charge on any atom is 3.00 e. The van der Waals surface area contributed by atoms with Gasteiger partial charge in [-0.25, -0.2) is 0 Å². The van der Waals surface area contributed by atoms with Crippen LogP contribution < -0.4 is 0 Å². The molecule has 0 aromatic heterocycles. The standard InChI is InChI=1S/2Al.Ca.3H2O4S.2H/c;;;3*1-5(2,3)4;;/h;;;3*(H2,1,2,3,4);;/q2*+3;+2;;;;2*-1/p-6. The van der Waals surface area contributed by atoms with Crippen molar-refractivity contribution in [3.8, 4) is 0 Å². The Labute approximate surface area is 157 Å². The Kier molecular flexibility index (Phi) is 31.3. The number of rotatable bonds is 0. The second kappa shape index (κ2) is 15.3. The summed E-state index contributed by atoms with van der Waals surface area (Å²) in [5.74, 6) is 0. The smallest absolute Gasteiger partial charge is 1.00 e. The van der Waals surface area contributed by atoms with Gasteiger partial charge >= 0.3 is 72.5 Å². The zero-order chi connectivity index (χ0) is 13.5. The van der Waals surface area contributed by atoms with E-state index in [1.807, 2.05) is 0 Å². The van der Waals surface area contributed by atoms with Gasteiger partial charge in [0.2, 0.25) is 0 Å². The topological polar surface area (TPSA) is 241 Å². The van der Waals surface area contributed by atoms with Crippen LogP contribution in [0.15, 0.2) is 0 Å². The minimum atomic E-state index is -5.17. The van der Waals surface area contributed by atoms with Crippen LogP contribution in [0.4, 0.5) is 0 Å². The van der Waals surface area contributed by atoms with Gasteiger partial charge in [-0.15, -0.1) is 0 Å². The molecule has 0 saturated heterocycles. The Morgan fingerprint density at radius 2 is 0.500 bits per heavy atom. The molecule has 0 aliphatic carbocycles. The van der Waals surface area contributed by atoms with Gasteiger partial charge in [0.05, 0.1) is 0 Å². The molecule has 0 heterocycles. The predicted molar refractivity (Wildman–Crippen MR) is 50.9 cm³/mol. The fourth-order valence-corrected chi connectivity index (χ4v) is 0. The monoisotopic (exact) mass is 384 g/mol. The molecule has 0 N–H and O–H groups in total. The quantitative estimate of drug-likeness (QED) is 0.217. The predicted octanol–water partition coefficient (Wildman–Crippen LogP) is -4.93. The molecule has 0 aliphatic rings. The molecule has 0 fully saturated rings. The summed E-state index contributed by atoms with van der Waals surface area (Å²) < 4.78 is 102. The molecular weight excluding hydrogens is 382 g/mol. The number of hydrogen-bond acceptors (Lipinski definition) is 12. The van der Waals surface area contributed by atoms with Crippen LogP contribution in [0.25, 0.3) is 0 Å². The van der Waals surface area contributed by atoms with Gasteiger partial charge in [-0.3, -0.25) is 25.3 Å². The zero-order valence-electron chi connectivity index (χ0n) is 9.99. The fourth-order valence-electron chi connectivity index (χ4n) is 0. The van der Waals surface area contributed by atoms with Gasteiger partial charge in [0.1, 0.15) is 0 Å². The van der Waals surface area contributed by atoms with E-state index in [-0.39, 0.29) is 75.3 Å². The molecule has 0 bridgehead atoms. The Balaban J connectivity index is -0.0000000160. The third-order valence-electron chi connectivity index (χ3n) is 0. The molecule has 18 heavy (non-hydrogen) atoms. The van der Waals surface area contributed by atoms with Crippen molar-refractivity contribution in [2.75, 3.05) is 0 Å². The first-order valence-electron chi connectivity index (χ1n) is 2.00. The van der Waals surface area contributed by atoms with E-state index in [0.717, 1.165) is 0 Å². The molecule has 0 saturated carbocycles. The van der Waals surface area contributed by atoms with Crippen molar-refractivity contribution in [3.63, 3.8) is 0 Å². The van der Waals surface area contributed by atoms with E-state index in [2.05, 4.69) is 0 Å². The van der Waals surface area contributed by atoms with Crippen molar-refractivity contribution in [2.24, 2.45) is 0 Å². The molecule has 0 aromatic rings. The van der Waals surface area contributed by atoms with Crippen LogP contribution in [0.2, 0.25) is 0 Å². The minimum Gasteiger partial charge on any atom is -1.00 e. The summed E-state index contributed by atoms with van der Waals surface area (Å²) >= 11 is 0. The van der Waals surface area contributed by atoms with E-state index in [4.69, 9.17) is 52.6 Å². The SMILES string of the molecule is O=S(=O)([O-])[O-].O=S(=O)([O-])[O-].O=S(=O)([O-])[O-].[Al+3].[Al+3].[Ca+2].[H-].[H-]. The first kappa shape index (κ1) is 36.8. The molecule has 100 valence electrons. The van der Waals surface area contributed by atoms with E-state index in [1.165, 1.54) is 0 Å². The Morgan fingerprint density at radius 1 is 0.500 bits per heavy atom.